The van der Waals surface area contributed by atoms with Crippen molar-refractivity contribution in [2.45, 2.75) is 32.4 Å². The number of nitrogens with zero attached hydrogens (tertiary/aromatic N) is 3. The van der Waals surface area contributed by atoms with Crippen LogP contribution in [0.4, 0.5) is 0 Å². The molecule has 1 N–H and O–H groups in total. The number of carbonyl (C=O) groups excluding carboxylic acids is 2. The number of methoxy groups -OCH3 is 2. The van der Waals surface area contributed by atoms with Gasteiger partial charge in [0.2, 0.25) is 0 Å². The minimum atomic E-state index is -0.372. The normalized spacial score (nSPS) is 17.3. The summed E-state index contributed by atoms with van der Waals surface area (Å²) in [6.45, 7) is 4.52. The van der Waals surface area contributed by atoms with Crippen molar-refractivity contribution in [1.29, 1.82) is 0 Å². The standard InChI is InChI=1S/C26H28N4O4S/c1-16-15-20(17(2)30(16)19-10-8-18(9-11-19)25(32)34-4)24-23(21-7-5-6-13-27-21)28-26(35)29(24)14-12-22(31)33-3/h5-11,13,15,23-24H,12,14H2,1-4H3,(H,28,35). The first-order valence-corrected chi connectivity index (χ1v) is 11.7. The van der Waals surface area contributed by atoms with Gasteiger partial charge in [-0.3, -0.25) is 9.78 Å². The summed E-state index contributed by atoms with van der Waals surface area (Å²) in [5, 5.41) is 3.99. The van der Waals surface area contributed by atoms with E-state index < -0.39 is 0 Å². The third-order valence-electron chi connectivity index (χ3n) is 6.32. The van der Waals surface area contributed by atoms with Crippen molar-refractivity contribution in [3.8, 4) is 5.69 Å². The summed E-state index contributed by atoms with van der Waals surface area (Å²) >= 11 is 5.69. The van der Waals surface area contributed by atoms with Crippen molar-refractivity contribution in [3.63, 3.8) is 0 Å². The van der Waals surface area contributed by atoms with Crippen LogP contribution in [0.15, 0.2) is 54.7 Å². The SMILES string of the molecule is COC(=O)CCN1C(=S)NC(c2ccccn2)C1c1cc(C)n(-c2ccc(C(=O)OC)cc2)c1C. The zero-order chi connectivity index (χ0) is 25.1. The predicted molar refractivity (Wildman–Crippen MR) is 135 cm³/mol. The Kier molecular flexibility index (Phi) is 7.16. The molecule has 0 bridgehead atoms. The number of esters is 2. The zero-order valence-electron chi connectivity index (χ0n) is 20.1. The molecule has 3 aromatic rings. The third-order valence-corrected chi connectivity index (χ3v) is 6.67. The quantitative estimate of drug-likeness (QED) is 0.394. The van der Waals surface area contributed by atoms with Crippen LogP contribution in [0.25, 0.3) is 5.69 Å². The lowest BCUT2D eigenvalue weighted by molar-refractivity contribution is -0.140. The summed E-state index contributed by atoms with van der Waals surface area (Å²) in [7, 11) is 2.75. The number of aryl methyl sites for hydroxylation is 1. The molecule has 2 aromatic heterocycles. The second-order valence-electron chi connectivity index (χ2n) is 8.35. The average Bonchev–Trinajstić information content (AvgIpc) is 3.36. The third kappa shape index (κ3) is 4.77. The van der Waals surface area contributed by atoms with Gasteiger partial charge in [-0.2, -0.15) is 0 Å². The highest BCUT2D eigenvalue weighted by Crippen LogP contribution is 2.41. The van der Waals surface area contributed by atoms with Gasteiger partial charge in [0.05, 0.1) is 44.0 Å². The maximum Gasteiger partial charge on any atom is 0.337 e. The minimum absolute atomic E-state index is 0.170. The van der Waals surface area contributed by atoms with Gasteiger partial charge in [0.1, 0.15) is 0 Å². The van der Waals surface area contributed by atoms with E-state index in [9.17, 15) is 9.59 Å². The maximum atomic E-state index is 11.9. The Labute approximate surface area is 209 Å². The van der Waals surface area contributed by atoms with Gasteiger partial charge in [-0.05, 0) is 74.1 Å². The lowest BCUT2D eigenvalue weighted by Crippen LogP contribution is -2.32. The molecular weight excluding hydrogens is 464 g/mol. The van der Waals surface area contributed by atoms with Gasteiger partial charge >= 0.3 is 11.9 Å². The maximum absolute atomic E-state index is 11.9. The van der Waals surface area contributed by atoms with Crippen molar-refractivity contribution < 1.29 is 19.1 Å². The van der Waals surface area contributed by atoms with Crippen LogP contribution < -0.4 is 5.32 Å². The number of nitrogens with one attached hydrogen (secondary N) is 1. The molecule has 0 radical (unpaired) electrons. The lowest BCUT2D eigenvalue weighted by Gasteiger charge is -2.28. The van der Waals surface area contributed by atoms with E-state index in [1.54, 1.807) is 18.3 Å². The van der Waals surface area contributed by atoms with Gasteiger partial charge in [-0.25, -0.2) is 4.79 Å². The van der Waals surface area contributed by atoms with Crippen LogP contribution in [0.3, 0.4) is 0 Å². The number of hydrogen-bond acceptors (Lipinski definition) is 6. The van der Waals surface area contributed by atoms with Crippen LogP contribution in [0.2, 0.25) is 0 Å². The number of ether oxygens (including phenoxy) is 2. The second-order valence-corrected chi connectivity index (χ2v) is 8.73. The molecule has 0 amide bonds. The molecule has 0 aliphatic carbocycles. The van der Waals surface area contributed by atoms with E-state index in [0.29, 0.717) is 17.2 Å². The van der Waals surface area contributed by atoms with Gasteiger partial charge in [-0.15, -0.1) is 0 Å². The Morgan fingerprint density at radius 3 is 2.46 bits per heavy atom. The van der Waals surface area contributed by atoms with Gasteiger partial charge in [0.15, 0.2) is 5.11 Å². The molecule has 0 saturated carbocycles. The Bertz CT molecular complexity index is 1240. The first kappa shape index (κ1) is 24.4. The second kappa shape index (κ2) is 10.3. The Morgan fingerprint density at radius 1 is 1.09 bits per heavy atom. The summed E-state index contributed by atoms with van der Waals surface area (Å²) < 4.78 is 11.8. The summed E-state index contributed by atoms with van der Waals surface area (Å²) in [6, 6.07) is 14.9. The predicted octanol–water partition coefficient (Wildman–Crippen LogP) is 3.81. The fourth-order valence-electron chi connectivity index (χ4n) is 4.65. The van der Waals surface area contributed by atoms with E-state index in [-0.39, 0.29) is 30.4 Å². The highest BCUT2D eigenvalue weighted by atomic mass is 32.1. The van der Waals surface area contributed by atoms with E-state index in [4.69, 9.17) is 21.7 Å². The van der Waals surface area contributed by atoms with Crippen LogP contribution in [-0.2, 0) is 14.3 Å². The summed E-state index contributed by atoms with van der Waals surface area (Å²) in [5.41, 5.74) is 5.44. The van der Waals surface area contributed by atoms with Crippen molar-refractivity contribution in [3.05, 3.63) is 82.9 Å². The molecule has 4 rings (SSSR count). The molecule has 9 heteroatoms. The topological polar surface area (TPSA) is 85.7 Å². The molecule has 1 fully saturated rings. The first-order valence-electron chi connectivity index (χ1n) is 11.3. The number of rotatable bonds is 7. The Hall–Kier alpha value is -3.72. The summed E-state index contributed by atoms with van der Waals surface area (Å²) in [5.74, 6) is -0.660. The van der Waals surface area contributed by atoms with Crippen LogP contribution >= 0.6 is 12.2 Å². The molecule has 182 valence electrons. The fraction of sp³-hybridized carbons (Fsp3) is 0.308. The van der Waals surface area contributed by atoms with Gasteiger partial charge in [-0.1, -0.05) is 6.07 Å². The molecule has 1 saturated heterocycles. The van der Waals surface area contributed by atoms with Crippen LogP contribution in [0.5, 0.6) is 0 Å². The lowest BCUT2D eigenvalue weighted by atomic mass is 9.96. The van der Waals surface area contributed by atoms with Gasteiger partial charge < -0.3 is 24.3 Å². The number of aromatic nitrogens is 2. The number of thiocarbonyl (C=S) groups is 1. The highest BCUT2D eigenvalue weighted by Gasteiger charge is 2.41. The number of pyridine rings is 1. The monoisotopic (exact) mass is 492 g/mol. The van der Waals surface area contributed by atoms with Crippen molar-refractivity contribution in [2.24, 2.45) is 0 Å². The van der Waals surface area contributed by atoms with Crippen LogP contribution in [-0.4, -0.2) is 52.3 Å². The van der Waals surface area contributed by atoms with Crippen molar-refractivity contribution in [2.75, 3.05) is 20.8 Å². The molecule has 1 aliphatic rings. The largest absolute Gasteiger partial charge is 0.469 e. The van der Waals surface area contributed by atoms with Gasteiger partial charge in [0.25, 0.3) is 0 Å². The van der Waals surface area contributed by atoms with Gasteiger partial charge in [0, 0.05) is 29.8 Å². The zero-order valence-corrected chi connectivity index (χ0v) is 21.0. The number of hydrogen-bond donors (Lipinski definition) is 1. The summed E-state index contributed by atoms with van der Waals surface area (Å²) in [6.07, 6.45) is 1.98. The van der Waals surface area contributed by atoms with E-state index >= 15 is 0 Å². The molecule has 3 heterocycles. The Balaban J connectivity index is 1.76. The summed E-state index contributed by atoms with van der Waals surface area (Å²) in [4.78, 5) is 30.4. The highest BCUT2D eigenvalue weighted by molar-refractivity contribution is 7.80. The molecule has 2 unspecified atom stereocenters. The molecular formula is C26H28N4O4S. The fourth-order valence-corrected chi connectivity index (χ4v) is 4.98. The van der Waals surface area contributed by atoms with Crippen molar-refractivity contribution in [1.82, 2.24) is 19.8 Å². The number of carbonyl (C=O) groups is 2. The van der Waals surface area contributed by atoms with Crippen LogP contribution in [0, 0.1) is 13.8 Å². The van der Waals surface area contributed by atoms with Crippen molar-refractivity contribution >= 4 is 29.3 Å². The molecule has 1 aromatic carbocycles. The van der Waals surface area contributed by atoms with E-state index in [1.165, 1.54) is 14.2 Å². The molecule has 0 spiro atoms. The average molecular weight is 493 g/mol. The van der Waals surface area contributed by atoms with E-state index in [1.807, 2.05) is 42.2 Å². The molecule has 1 aliphatic heterocycles. The number of benzene rings is 1. The molecule has 2 atom stereocenters. The van der Waals surface area contributed by atoms with E-state index in [2.05, 4.69) is 27.9 Å². The smallest absolute Gasteiger partial charge is 0.337 e. The first-order chi connectivity index (χ1) is 16.8. The Morgan fingerprint density at radius 2 is 1.83 bits per heavy atom. The molecule has 8 nitrogen and oxygen atoms in total. The van der Waals surface area contributed by atoms with E-state index in [0.717, 1.165) is 28.3 Å². The van der Waals surface area contributed by atoms with Crippen LogP contribution in [0.1, 0.15) is 51.5 Å². The minimum Gasteiger partial charge on any atom is -0.469 e. The molecule has 35 heavy (non-hydrogen) atoms.